The largest absolute Gasteiger partial charge is 0.378 e. The fourth-order valence-corrected chi connectivity index (χ4v) is 2.75. The molecule has 0 aliphatic carbocycles. The Morgan fingerprint density at radius 3 is 2.50 bits per heavy atom. The van der Waals surface area contributed by atoms with Crippen LogP contribution in [0.1, 0.15) is 38.1 Å². The van der Waals surface area contributed by atoms with Crippen LogP contribution >= 0.6 is 0 Å². The zero-order chi connectivity index (χ0) is 14.5. The summed E-state index contributed by atoms with van der Waals surface area (Å²) in [6, 6.07) is 0. The van der Waals surface area contributed by atoms with Gasteiger partial charge in [-0.25, -0.2) is 9.97 Å². The summed E-state index contributed by atoms with van der Waals surface area (Å²) in [6.45, 7) is 10.9. The van der Waals surface area contributed by atoms with Gasteiger partial charge in [0.25, 0.3) is 0 Å². The molecule has 20 heavy (non-hydrogen) atoms. The molecule has 0 amide bonds. The van der Waals surface area contributed by atoms with Gasteiger partial charge >= 0.3 is 0 Å². The van der Waals surface area contributed by atoms with Crippen molar-refractivity contribution < 1.29 is 4.74 Å². The molecule has 2 atom stereocenters. The Bertz CT molecular complexity index is 450. The molecule has 0 bridgehead atoms. The van der Waals surface area contributed by atoms with Crippen molar-refractivity contribution in [1.82, 2.24) is 9.97 Å². The van der Waals surface area contributed by atoms with Crippen molar-refractivity contribution in [2.75, 3.05) is 30.3 Å². The second-order valence-electron chi connectivity index (χ2n) is 5.37. The highest BCUT2D eigenvalue weighted by Crippen LogP contribution is 2.25. The summed E-state index contributed by atoms with van der Waals surface area (Å²) in [5.41, 5.74) is 1.09. The molecule has 5 heteroatoms. The van der Waals surface area contributed by atoms with Crippen molar-refractivity contribution >= 4 is 11.6 Å². The summed E-state index contributed by atoms with van der Waals surface area (Å²) in [5.74, 6) is 3.24. The smallest absolute Gasteiger partial charge is 0.134 e. The zero-order valence-corrected chi connectivity index (χ0v) is 13.0. The van der Waals surface area contributed by atoms with E-state index < -0.39 is 0 Å². The number of aromatic nitrogens is 2. The van der Waals surface area contributed by atoms with E-state index in [0.29, 0.717) is 12.0 Å². The van der Waals surface area contributed by atoms with Gasteiger partial charge in [0.05, 0.1) is 6.10 Å². The number of rotatable bonds is 6. The van der Waals surface area contributed by atoms with Gasteiger partial charge in [-0.15, -0.1) is 0 Å². The van der Waals surface area contributed by atoms with E-state index >= 15 is 0 Å². The van der Waals surface area contributed by atoms with E-state index in [1.807, 2.05) is 6.92 Å². The molecule has 5 nitrogen and oxygen atoms in total. The first-order valence-corrected chi connectivity index (χ1v) is 7.60. The number of hydrogen-bond donors (Lipinski definition) is 2. The first kappa shape index (κ1) is 15.0. The van der Waals surface area contributed by atoms with Crippen molar-refractivity contribution in [3.05, 3.63) is 11.4 Å². The van der Waals surface area contributed by atoms with Gasteiger partial charge in [-0.05, 0) is 33.6 Å². The Morgan fingerprint density at radius 2 is 1.85 bits per heavy atom. The molecular formula is C15H26N4O. The van der Waals surface area contributed by atoms with E-state index in [4.69, 9.17) is 4.74 Å². The van der Waals surface area contributed by atoms with Crippen molar-refractivity contribution in [3.63, 3.8) is 0 Å². The molecule has 0 saturated carbocycles. The highest BCUT2D eigenvalue weighted by Gasteiger charge is 2.26. The third-order valence-corrected chi connectivity index (χ3v) is 3.88. The standard InChI is InChI=1S/C15H26N4O/c1-5-13-12(7-8-20-13)9-17-15-10(3)14(16-6-2)18-11(4)19-15/h12-13H,5-9H2,1-4H3,(H2,16,17,18,19). The summed E-state index contributed by atoms with van der Waals surface area (Å²) in [4.78, 5) is 8.97. The summed E-state index contributed by atoms with van der Waals surface area (Å²) >= 11 is 0. The minimum atomic E-state index is 0.388. The molecule has 2 unspecified atom stereocenters. The van der Waals surface area contributed by atoms with Gasteiger partial charge in [-0.3, -0.25) is 0 Å². The minimum Gasteiger partial charge on any atom is -0.378 e. The predicted octanol–water partition coefficient (Wildman–Crippen LogP) is 2.75. The molecule has 2 N–H and O–H groups in total. The average Bonchev–Trinajstić information content (AvgIpc) is 2.88. The van der Waals surface area contributed by atoms with Gasteiger partial charge in [0.2, 0.25) is 0 Å². The van der Waals surface area contributed by atoms with Crippen molar-refractivity contribution in [3.8, 4) is 0 Å². The molecule has 0 spiro atoms. The van der Waals surface area contributed by atoms with Crippen LogP contribution in [-0.4, -0.2) is 35.8 Å². The Kier molecular flexibility index (Phi) is 5.17. The van der Waals surface area contributed by atoms with E-state index in [1.165, 1.54) is 0 Å². The van der Waals surface area contributed by atoms with Gasteiger partial charge < -0.3 is 15.4 Å². The molecule has 1 aliphatic rings. The molecule has 2 rings (SSSR count). The topological polar surface area (TPSA) is 59.1 Å². The number of aryl methyl sites for hydroxylation is 1. The monoisotopic (exact) mass is 278 g/mol. The Hall–Kier alpha value is -1.36. The quantitative estimate of drug-likeness (QED) is 0.838. The van der Waals surface area contributed by atoms with Crippen LogP contribution in [0.15, 0.2) is 0 Å². The molecule has 0 aromatic carbocycles. The molecular weight excluding hydrogens is 252 g/mol. The van der Waals surface area contributed by atoms with Gasteiger partial charge in [0.1, 0.15) is 17.5 Å². The van der Waals surface area contributed by atoms with Gasteiger partial charge in [0, 0.05) is 31.2 Å². The maximum atomic E-state index is 5.73. The van der Waals surface area contributed by atoms with Crippen LogP contribution in [0.2, 0.25) is 0 Å². The lowest BCUT2D eigenvalue weighted by Gasteiger charge is -2.19. The second kappa shape index (κ2) is 6.88. The van der Waals surface area contributed by atoms with E-state index in [2.05, 4.69) is 41.4 Å². The Labute approximate surface area is 121 Å². The van der Waals surface area contributed by atoms with Crippen LogP contribution < -0.4 is 10.6 Å². The van der Waals surface area contributed by atoms with Crippen LogP contribution in [0, 0.1) is 19.8 Å². The number of ether oxygens (including phenoxy) is 1. The molecule has 1 aromatic rings. The highest BCUT2D eigenvalue weighted by atomic mass is 16.5. The van der Waals surface area contributed by atoms with Crippen molar-refractivity contribution in [1.29, 1.82) is 0 Å². The van der Waals surface area contributed by atoms with Crippen LogP contribution in [0.5, 0.6) is 0 Å². The van der Waals surface area contributed by atoms with E-state index in [9.17, 15) is 0 Å². The molecule has 1 aromatic heterocycles. The van der Waals surface area contributed by atoms with Gasteiger partial charge in [0.15, 0.2) is 0 Å². The minimum absolute atomic E-state index is 0.388. The lowest BCUT2D eigenvalue weighted by molar-refractivity contribution is 0.0900. The third-order valence-electron chi connectivity index (χ3n) is 3.88. The van der Waals surface area contributed by atoms with Crippen LogP contribution in [-0.2, 0) is 4.74 Å². The van der Waals surface area contributed by atoms with Gasteiger partial charge in [-0.2, -0.15) is 0 Å². The van der Waals surface area contributed by atoms with E-state index in [-0.39, 0.29) is 0 Å². The normalized spacial score (nSPS) is 22.0. The molecule has 0 radical (unpaired) electrons. The van der Waals surface area contributed by atoms with E-state index in [1.54, 1.807) is 0 Å². The van der Waals surface area contributed by atoms with Gasteiger partial charge in [-0.1, -0.05) is 6.92 Å². The predicted molar refractivity (Wildman–Crippen MR) is 82.3 cm³/mol. The number of anilines is 2. The zero-order valence-electron chi connectivity index (χ0n) is 13.0. The van der Waals surface area contributed by atoms with Crippen molar-refractivity contribution in [2.45, 2.75) is 46.6 Å². The summed E-state index contributed by atoms with van der Waals surface area (Å²) in [7, 11) is 0. The second-order valence-corrected chi connectivity index (χ2v) is 5.37. The Balaban J connectivity index is 2.05. The SMILES string of the molecule is CCNc1nc(C)nc(NCC2CCOC2CC)c1C. The molecule has 112 valence electrons. The first-order valence-electron chi connectivity index (χ1n) is 7.60. The van der Waals surface area contributed by atoms with Crippen LogP contribution in [0.4, 0.5) is 11.6 Å². The van der Waals surface area contributed by atoms with Crippen molar-refractivity contribution in [2.24, 2.45) is 5.92 Å². The third kappa shape index (κ3) is 3.39. The number of nitrogens with one attached hydrogen (secondary N) is 2. The maximum Gasteiger partial charge on any atom is 0.134 e. The van der Waals surface area contributed by atoms with Crippen LogP contribution in [0.3, 0.4) is 0 Å². The lowest BCUT2D eigenvalue weighted by atomic mass is 10.00. The molecule has 2 heterocycles. The fourth-order valence-electron chi connectivity index (χ4n) is 2.75. The maximum absolute atomic E-state index is 5.73. The average molecular weight is 278 g/mol. The number of nitrogens with zero attached hydrogens (tertiary/aromatic N) is 2. The first-order chi connectivity index (χ1) is 9.65. The summed E-state index contributed by atoms with van der Waals surface area (Å²) in [5, 5.41) is 6.78. The highest BCUT2D eigenvalue weighted by molar-refractivity contribution is 5.57. The summed E-state index contributed by atoms with van der Waals surface area (Å²) < 4.78 is 5.73. The van der Waals surface area contributed by atoms with E-state index in [0.717, 1.165) is 55.6 Å². The van der Waals surface area contributed by atoms with Crippen LogP contribution in [0.25, 0.3) is 0 Å². The Morgan fingerprint density at radius 1 is 1.15 bits per heavy atom. The molecule has 1 aliphatic heterocycles. The number of hydrogen-bond acceptors (Lipinski definition) is 5. The molecule has 1 fully saturated rings. The molecule has 1 saturated heterocycles. The summed E-state index contributed by atoms with van der Waals surface area (Å²) in [6.07, 6.45) is 2.60. The fraction of sp³-hybridized carbons (Fsp3) is 0.733. The lowest BCUT2D eigenvalue weighted by Crippen LogP contribution is -2.23.